The van der Waals surface area contributed by atoms with Crippen LogP contribution in [0.1, 0.15) is 36.0 Å². The molecule has 2 amide bonds. The Morgan fingerprint density at radius 1 is 0.976 bits per heavy atom. The van der Waals surface area contributed by atoms with Crippen LogP contribution in [0.15, 0.2) is 78.9 Å². The zero-order valence-electron chi connectivity index (χ0n) is 22.9. The molecule has 2 aliphatic rings. The van der Waals surface area contributed by atoms with Gasteiger partial charge in [0, 0.05) is 24.0 Å². The molecule has 1 aliphatic carbocycles. The standard InChI is InChI=1S/C32H34N2O6S/c1-21(39-18-22-9-3-2-4-10-22)30(31(37)34-15-16-41-20-23(34)17-29(35)36)33-32(38)40-19-28-26-13-7-5-11-24(26)25-12-6-8-14-27(25)28/h2-14,21,23,28,30H,15-20H2,1H3,(H,33,38)(H,35,36). The molecule has 0 bridgehead atoms. The Kier molecular flexibility index (Phi) is 9.26. The Hall–Kier alpha value is -3.82. The molecule has 0 radical (unpaired) electrons. The van der Waals surface area contributed by atoms with Crippen LogP contribution in [-0.4, -0.2) is 70.8 Å². The van der Waals surface area contributed by atoms with Gasteiger partial charge in [-0.05, 0) is 34.7 Å². The van der Waals surface area contributed by atoms with Crippen LogP contribution in [0.2, 0.25) is 0 Å². The number of fused-ring (bicyclic) bond motifs is 3. The van der Waals surface area contributed by atoms with E-state index in [1.807, 2.05) is 66.7 Å². The van der Waals surface area contributed by atoms with Crippen LogP contribution in [-0.2, 0) is 25.7 Å². The van der Waals surface area contributed by atoms with Gasteiger partial charge in [-0.1, -0.05) is 78.9 Å². The highest BCUT2D eigenvalue weighted by molar-refractivity contribution is 7.99. The second kappa shape index (κ2) is 13.2. The van der Waals surface area contributed by atoms with Gasteiger partial charge in [-0.2, -0.15) is 11.8 Å². The smallest absolute Gasteiger partial charge is 0.407 e. The molecule has 3 aromatic rings. The van der Waals surface area contributed by atoms with Gasteiger partial charge in [0.25, 0.3) is 0 Å². The molecule has 2 N–H and O–H groups in total. The minimum atomic E-state index is -1.05. The lowest BCUT2D eigenvalue weighted by Gasteiger charge is -2.38. The van der Waals surface area contributed by atoms with Crippen LogP contribution in [0.3, 0.4) is 0 Å². The summed E-state index contributed by atoms with van der Waals surface area (Å²) < 4.78 is 11.8. The fourth-order valence-corrected chi connectivity index (χ4v) is 6.60. The summed E-state index contributed by atoms with van der Waals surface area (Å²) in [6, 6.07) is 24.2. The highest BCUT2D eigenvalue weighted by atomic mass is 32.2. The molecule has 214 valence electrons. The van der Waals surface area contributed by atoms with Gasteiger partial charge in [0.05, 0.1) is 25.2 Å². The van der Waals surface area contributed by atoms with Crippen molar-refractivity contribution >= 4 is 29.7 Å². The topological polar surface area (TPSA) is 105 Å². The number of thioether (sulfide) groups is 1. The van der Waals surface area contributed by atoms with Gasteiger partial charge in [-0.25, -0.2) is 4.79 Å². The van der Waals surface area contributed by atoms with Gasteiger partial charge in [0.2, 0.25) is 5.91 Å². The summed E-state index contributed by atoms with van der Waals surface area (Å²) in [5, 5.41) is 12.2. The zero-order chi connectivity index (χ0) is 28.8. The number of nitrogens with one attached hydrogen (secondary N) is 1. The molecular formula is C32H34N2O6S. The number of ether oxygens (including phenoxy) is 2. The SMILES string of the molecule is CC(OCc1ccccc1)C(NC(=O)OCC1c2ccccc2-c2ccccc21)C(=O)N1CCSCC1CC(=O)O. The predicted octanol–water partition coefficient (Wildman–Crippen LogP) is 4.92. The number of rotatable bonds is 10. The number of benzene rings is 3. The van der Waals surface area contributed by atoms with Crippen LogP contribution >= 0.6 is 11.8 Å². The Bertz CT molecular complexity index is 1340. The number of alkyl carbamates (subject to hydrolysis) is 1. The van der Waals surface area contributed by atoms with Crippen LogP contribution in [0, 0.1) is 0 Å². The fourth-order valence-electron chi connectivity index (χ4n) is 5.54. The maximum atomic E-state index is 13.8. The van der Waals surface area contributed by atoms with E-state index in [0.717, 1.165) is 27.8 Å². The van der Waals surface area contributed by atoms with E-state index in [2.05, 4.69) is 17.4 Å². The lowest BCUT2D eigenvalue weighted by molar-refractivity contribution is -0.143. The van der Waals surface area contributed by atoms with Crippen molar-refractivity contribution in [1.29, 1.82) is 0 Å². The summed E-state index contributed by atoms with van der Waals surface area (Å²) in [5.41, 5.74) is 5.37. The molecule has 1 saturated heterocycles. The van der Waals surface area contributed by atoms with Crippen molar-refractivity contribution in [2.75, 3.05) is 24.7 Å². The fraction of sp³-hybridized carbons (Fsp3) is 0.344. The quantitative estimate of drug-likeness (QED) is 0.354. The first-order valence-electron chi connectivity index (χ1n) is 13.8. The first kappa shape index (κ1) is 28.7. The molecular weight excluding hydrogens is 540 g/mol. The van der Waals surface area contributed by atoms with E-state index in [1.165, 1.54) is 0 Å². The van der Waals surface area contributed by atoms with E-state index in [1.54, 1.807) is 23.6 Å². The highest BCUT2D eigenvalue weighted by Gasteiger charge is 2.37. The van der Waals surface area contributed by atoms with E-state index in [9.17, 15) is 19.5 Å². The van der Waals surface area contributed by atoms with Crippen LogP contribution in [0.25, 0.3) is 11.1 Å². The number of carbonyl (C=O) groups excluding carboxylic acids is 2. The average Bonchev–Trinajstić information content (AvgIpc) is 3.31. The van der Waals surface area contributed by atoms with Crippen LogP contribution < -0.4 is 5.32 Å². The minimum Gasteiger partial charge on any atom is -0.481 e. The van der Waals surface area contributed by atoms with Crippen molar-refractivity contribution in [3.63, 3.8) is 0 Å². The molecule has 3 aromatic carbocycles. The van der Waals surface area contributed by atoms with E-state index in [4.69, 9.17) is 9.47 Å². The van der Waals surface area contributed by atoms with Crippen molar-refractivity contribution in [3.05, 3.63) is 95.6 Å². The molecule has 1 heterocycles. The largest absolute Gasteiger partial charge is 0.481 e. The normalized spacial score (nSPS) is 17.7. The monoisotopic (exact) mass is 574 g/mol. The van der Waals surface area contributed by atoms with Gasteiger partial charge >= 0.3 is 12.1 Å². The second-order valence-electron chi connectivity index (χ2n) is 10.3. The molecule has 9 heteroatoms. The summed E-state index contributed by atoms with van der Waals surface area (Å²) in [6.45, 7) is 2.50. The molecule has 41 heavy (non-hydrogen) atoms. The first-order valence-corrected chi connectivity index (χ1v) is 14.9. The van der Waals surface area contributed by atoms with Crippen molar-refractivity contribution in [2.45, 2.75) is 44.1 Å². The second-order valence-corrected chi connectivity index (χ2v) is 11.5. The Balaban J connectivity index is 1.30. The molecule has 5 rings (SSSR count). The maximum absolute atomic E-state index is 13.8. The third kappa shape index (κ3) is 6.74. The number of hydrogen-bond donors (Lipinski definition) is 2. The van der Waals surface area contributed by atoms with Crippen molar-refractivity contribution < 1.29 is 29.0 Å². The van der Waals surface area contributed by atoms with E-state index >= 15 is 0 Å². The molecule has 3 atom stereocenters. The summed E-state index contributed by atoms with van der Waals surface area (Å²) in [4.78, 5) is 40.1. The third-order valence-corrected chi connectivity index (χ3v) is 8.72. The lowest BCUT2D eigenvalue weighted by atomic mass is 9.98. The van der Waals surface area contributed by atoms with Gasteiger partial charge < -0.3 is 24.8 Å². The highest BCUT2D eigenvalue weighted by Crippen LogP contribution is 2.44. The number of hydrogen-bond acceptors (Lipinski definition) is 6. The number of carboxylic acids is 1. The summed E-state index contributed by atoms with van der Waals surface area (Å²) in [5.74, 6) is -0.239. The van der Waals surface area contributed by atoms with E-state index in [0.29, 0.717) is 18.1 Å². The number of nitrogens with zero attached hydrogens (tertiary/aromatic N) is 1. The van der Waals surface area contributed by atoms with Crippen LogP contribution in [0.4, 0.5) is 4.79 Å². The van der Waals surface area contributed by atoms with Crippen molar-refractivity contribution in [3.8, 4) is 11.1 Å². The summed E-state index contributed by atoms with van der Waals surface area (Å²) >= 11 is 1.62. The molecule has 1 fully saturated rings. The van der Waals surface area contributed by atoms with Gasteiger partial charge in [-0.15, -0.1) is 0 Å². The average molecular weight is 575 g/mol. The lowest BCUT2D eigenvalue weighted by Crippen LogP contribution is -2.58. The molecule has 0 saturated carbocycles. The first-order chi connectivity index (χ1) is 19.9. The Labute approximate surface area is 244 Å². The molecule has 8 nitrogen and oxygen atoms in total. The molecule has 0 aromatic heterocycles. The van der Waals surface area contributed by atoms with Crippen molar-refractivity contribution in [1.82, 2.24) is 10.2 Å². The minimum absolute atomic E-state index is 0.113. The Morgan fingerprint density at radius 3 is 2.27 bits per heavy atom. The molecule has 0 spiro atoms. The molecule has 1 aliphatic heterocycles. The van der Waals surface area contributed by atoms with E-state index < -0.39 is 30.3 Å². The number of amides is 2. The number of aliphatic carboxylic acids is 1. The summed E-state index contributed by atoms with van der Waals surface area (Å²) in [6.07, 6.45) is -1.57. The van der Waals surface area contributed by atoms with Crippen molar-refractivity contribution in [2.24, 2.45) is 0 Å². The number of carboxylic acid groups (broad SMARTS) is 1. The Morgan fingerprint density at radius 2 is 1.61 bits per heavy atom. The predicted molar refractivity (Wildman–Crippen MR) is 158 cm³/mol. The van der Waals surface area contributed by atoms with Gasteiger partial charge in [-0.3, -0.25) is 9.59 Å². The zero-order valence-corrected chi connectivity index (χ0v) is 23.7. The third-order valence-electron chi connectivity index (χ3n) is 7.63. The van der Waals surface area contributed by atoms with Gasteiger partial charge in [0.15, 0.2) is 0 Å². The van der Waals surface area contributed by atoms with Gasteiger partial charge in [0.1, 0.15) is 12.6 Å². The van der Waals surface area contributed by atoms with Crippen LogP contribution in [0.5, 0.6) is 0 Å². The number of carbonyl (C=O) groups is 3. The molecule has 3 unspecified atom stereocenters. The van der Waals surface area contributed by atoms with E-state index in [-0.39, 0.29) is 31.5 Å². The summed E-state index contributed by atoms with van der Waals surface area (Å²) in [7, 11) is 0. The maximum Gasteiger partial charge on any atom is 0.407 e.